The van der Waals surface area contributed by atoms with E-state index in [1.165, 1.54) is 94.2 Å². The van der Waals surface area contributed by atoms with Gasteiger partial charge in [-0.05, 0) is 129 Å². The fourth-order valence-electron chi connectivity index (χ4n) is 8.33. The number of halogens is 4. The molecule has 0 atom stereocenters. The van der Waals surface area contributed by atoms with Gasteiger partial charge in [-0.25, -0.2) is 4.39 Å². The molecule has 0 amide bonds. The van der Waals surface area contributed by atoms with Crippen molar-refractivity contribution in [1.29, 1.82) is 0 Å². The molecule has 1 nitrogen and oxygen atoms in total. The number of unbranched alkanes of at least 4 members (excludes halogenated alkanes) is 2. The third kappa shape index (κ3) is 8.29. The highest BCUT2D eigenvalue weighted by Crippen LogP contribution is 2.46. The van der Waals surface area contributed by atoms with E-state index in [-0.39, 0.29) is 5.92 Å². The molecular weight excluding hydrogens is 524 g/mol. The molecule has 41 heavy (non-hydrogen) atoms. The number of hydrogen-bond donors (Lipinski definition) is 0. The minimum atomic E-state index is -4.89. The second kappa shape index (κ2) is 14.0. The van der Waals surface area contributed by atoms with Gasteiger partial charge in [0.2, 0.25) is 0 Å². The Morgan fingerprint density at radius 2 is 1.10 bits per heavy atom. The average molecular weight is 573 g/mol. The molecule has 0 aliphatic heterocycles. The summed E-state index contributed by atoms with van der Waals surface area (Å²) in [4.78, 5) is 0. The van der Waals surface area contributed by atoms with Crippen LogP contribution in [0.25, 0.3) is 0 Å². The van der Waals surface area contributed by atoms with Crippen LogP contribution in [0.1, 0.15) is 144 Å². The fourth-order valence-corrected chi connectivity index (χ4v) is 8.33. The second-order valence-corrected chi connectivity index (χ2v) is 13.3. The SMILES string of the molecule is CCCCCC1CCC(C2CCC(c3ccc(C4CCC(c5ccc(OC(F)(F)F)c(F)c5)CC4)cc3)CC2)CC1. The molecule has 0 heterocycles. The molecule has 3 aliphatic rings. The Morgan fingerprint density at radius 1 is 0.634 bits per heavy atom. The standard InChI is InChI=1S/C36H48F4O/c1-2-3-4-5-25-6-8-26(9-7-25)27-10-12-28(13-11-27)29-14-16-30(17-15-29)31-18-20-32(21-19-31)33-22-23-35(34(37)24-33)41-36(38,39)40/h14-17,22-28,31-32H,2-13,18-21H2,1H3. The van der Waals surface area contributed by atoms with Crippen LogP contribution >= 0.6 is 0 Å². The lowest BCUT2D eigenvalue weighted by Crippen LogP contribution is -2.25. The van der Waals surface area contributed by atoms with Crippen LogP contribution in [0.4, 0.5) is 17.6 Å². The van der Waals surface area contributed by atoms with E-state index < -0.39 is 17.9 Å². The van der Waals surface area contributed by atoms with Gasteiger partial charge in [0.05, 0.1) is 0 Å². The molecule has 5 rings (SSSR count). The van der Waals surface area contributed by atoms with E-state index >= 15 is 0 Å². The van der Waals surface area contributed by atoms with Gasteiger partial charge >= 0.3 is 6.36 Å². The van der Waals surface area contributed by atoms with E-state index in [2.05, 4.69) is 35.9 Å². The Morgan fingerprint density at radius 3 is 1.59 bits per heavy atom. The first-order valence-electron chi connectivity index (χ1n) is 16.4. The van der Waals surface area contributed by atoms with Gasteiger partial charge in [-0.3, -0.25) is 0 Å². The molecule has 0 bridgehead atoms. The van der Waals surface area contributed by atoms with Gasteiger partial charge in [-0.2, -0.15) is 0 Å². The minimum Gasteiger partial charge on any atom is -0.403 e. The Kier molecular flexibility index (Phi) is 10.4. The molecule has 0 unspecified atom stereocenters. The number of alkyl halides is 3. The zero-order valence-corrected chi connectivity index (χ0v) is 24.7. The predicted octanol–water partition coefficient (Wildman–Crippen LogP) is 11.8. The largest absolute Gasteiger partial charge is 0.573 e. The summed E-state index contributed by atoms with van der Waals surface area (Å²) in [6.45, 7) is 2.30. The average Bonchev–Trinajstić information content (AvgIpc) is 2.98. The first-order valence-corrected chi connectivity index (χ1v) is 16.4. The lowest BCUT2D eigenvalue weighted by Gasteiger charge is -2.38. The summed E-state index contributed by atoms with van der Waals surface area (Å²) in [6.07, 6.45) is 15.9. The summed E-state index contributed by atoms with van der Waals surface area (Å²) in [7, 11) is 0. The van der Waals surface area contributed by atoms with Gasteiger partial charge in [-0.15, -0.1) is 13.2 Å². The van der Waals surface area contributed by atoms with Crippen molar-refractivity contribution in [2.24, 2.45) is 17.8 Å². The van der Waals surface area contributed by atoms with Crippen LogP contribution in [0.2, 0.25) is 0 Å². The highest BCUT2D eigenvalue weighted by molar-refractivity contribution is 5.33. The lowest BCUT2D eigenvalue weighted by atomic mass is 9.68. The monoisotopic (exact) mass is 572 g/mol. The van der Waals surface area contributed by atoms with Gasteiger partial charge in [0.25, 0.3) is 0 Å². The van der Waals surface area contributed by atoms with Crippen molar-refractivity contribution in [2.75, 3.05) is 0 Å². The van der Waals surface area contributed by atoms with Crippen LogP contribution in [0.3, 0.4) is 0 Å². The number of benzene rings is 2. The third-order valence-electron chi connectivity index (χ3n) is 10.8. The zero-order chi connectivity index (χ0) is 28.8. The summed E-state index contributed by atoms with van der Waals surface area (Å²) in [5.74, 6) is 2.56. The van der Waals surface area contributed by atoms with Crippen molar-refractivity contribution in [1.82, 2.24) is 0 Å². The zero-order valence-electron chi connectivity index (χ0n) is 24.7. The van der Waals surface area contributed by atoms with Crippen molar-refractivity contribution in [3.63, 3.8) is 0 Å². The van der Waals surface area contributed by atoms with Crippen molar-refractivity contribution in [2.45, 2.75) is 134 Å². The molecule has 3 fully saturated rings. The summed E-state index contributed by atoms with van der Waals surface area (Å²) >= 11 is 0. The lowest BCUT2D eigenvalue weighted by molar-refractivity contribution is -0.275. The smallest absolute Gasteiger partial charge is 0.403 e. The highest BCUT2D eigenvalue weighted by Gasteiger charge is 2.33. The van der Waals surface area contributed by atoms with Crippen molar-refractivity contribution in [3.05, 3.63) is 65.0 Å². The first-order chi connectivity index (χ1) is 19.8. The summed E-state index contributed by atoms with van der Waals surface area (Å²) in [5.41, 5.74) is 3.65. The van der Waals surface area contributed by atoms with Crippen LogP contribution < -0.4 is 4.74 Å². The molecule has 0 N–H and O–H groups in total. The van der Waals surface area contributed by atoms with Crippen LogP contribution in [0.5, 0.6) is 5.75 Å². The topological polar surface area (TPSA) is 9.23 Å². The van der Waals surface area contributed by atoms with Gasteiger partial charge < -0.3 is 4.74 Å². The van der Waals surface area contributed by atoms with E-state index in [0.29, 0.717) is 11.8 Å². The summed E-state index contributed by atoms with van der Waals surface area (Å²) in [6, 6.07) is 13.3. The maximum atomic E-state index is 14.2. The summed E-state index contributed by atoms with van der Waals surface area (Å²) < 4.78 is 55.4. The molecule has 2 aromatic carbocycles. The van der Waals surface area contributed by atoms with E-state index in [1.807, 2.05) is 0 Å². The maximum Gasteiger partial charge on any atom is 0.573 e. The van der Waals surface area contributed by atoms with Crippen LogP contribution in [0, 0.1) is 23.6 Å². The molecule has 0 radical (unpaired) electrons. The van der Waals surface area contributed by atoms with Crippen molar-refractivity contribution in [3.8, 4) is 5.75 Å². The highest BCUT2D eigenvalue weighted by atomic mass is 19.4. The van der Waals surface area contributed by atoms with Crippen molar-refractivity contribution >= 4 is 0 Å². The molecule has 0 saturated heterocycles. The Balaban J connectivity index is 1.06. The molecule has 0 spiro atoms. The maximum absolute atomic E-state index is 14.2. The van der Waals surface area contributed by atoms with Crippen LogP contribution in [0.15, 0.2) is 42.5 Å². The van der Waals surface area contributed by atoms with E-state index in [1.54, 1.807) is 6.07 Å². The molecule has 3 aliphatic carbocycles. The normalized spacial score (nSPS) is 29.3. The quantitative estimate of drug-likeness (QED) is 0.214. The van der Waals surface area contributed by atoms with Gasteiger partial charge in [0.1, 0.15) is 0 Å². The van der Waals surface area contributed by atoms with Crippen LogP contribution in [-0.2, 0) is 0 Å². The van der Waals surface area contributed by atoms with Gasteiger partial charge in [0.15, 0.2) is 11.6 Å². The predicted molar refractivity (Wildman–Crippen MR) is 158 cm³/mol. The Bertz CT molecular complexity index is 1070. The number of ether oxygens (including phenoxy) is 1. The van der Waals surface area contributed by atoms with Crippen LogP contribution in [-0.4, -0.2) is 6.36 Å². The van der Waals surface area contributed by atoms with E-state index in [9.17, 15) is 17.6 Å². The fraction of sp³-hybridized carbons (Fsp3) is 0.667. The van der Waals surface area contributed by atoms with Gasteiger partial charge in [-0.1, -0.05) is 75.8 Å². The minimum absolute atomic E-state index is 0.172. The summed E-state index contributed by atoms with van der Waals surface area (Å²) in [5, 5.41) is 0. The Hall–Kier alpha value is -2.04. The second-order valence-electron chi connectivity index (χ2n) is 13.3. The van der Waals surface area contributed by atoms with E-state index in [0.717, 1.165) is 55.1 Å². The van der Waals surface area contributed by atoms with Crippen molar-refractivity contribution < 1.29 is 22.3 Å². The number of rotatable bonds is 9. The molecule has 2 aromatic rings. The molecule has 3 saturated carbocycles. The number of hydrogen-bond acceptors (Lipinski definition) is 1. The third-order valence-corrected chi connectivity index (χ3v) is 10.8. The molecule has 0 aromatic heterocycles. The molecule has 226 valence electrons. The molecule has 5 heteroatoms. The molecular formula is C36H48F4O. The van der Waals surface area contributed by atoms with Gasteiger partial charge in [0, 0.05) is 0 Å². The Labute approximate surface area is 244 Å². The first kappa shape index (κ1) is 30.4. The van der Waals surface area contributed by atoms with E-state index in [4.69, 9.17) is 0 Å².